The van der Waals surface area contributed by atoms with Crippen molar-refractivity contribution in [3.63, 3.8) is 0 Å². The second kappa shape index (κ2) is 3.29. The molecule has 0 fully saturated rings. The molecule has 1 heterocycles. The Morgan fingerprint density at radius 1 is 1.07 bits per heavy atom. The van der Waals surface area contributed by atoms with Gasteiger partial charge in [0.15, 0.2) is 0 Å². The zero-order valence-electron chi connectivity index (χ0n) is 8.78. The fraction of sp³-hybridized carbons (Fsp3) is 0.250. The first-order chi connectivity index (χ1) is 6.66. The monoisotopic (exact) mass is 186 g/mol. The molecule has 2 rings (SSSR count). The second-order valence-corrected chi connectivity index (χ2v) is 3.68. The Morgan fingerprint density at radius 2 is 1.71 bits per heavy atom. The van der Waals surface area contributed by atoms with Gasteiger partial charge in [-0.15, -0.1) is 0 Å². The molecule has 2 heteroatoms. The van der Waals surface area contributed by atoms with E-state index in [0.717, 1.165) is 11.5 Å². The zero-order valence-corrected chi connectivity index (χ0v) is 8.78. The summed E-state index contributed by atoms with van der Waals surface area (Å²) in [5.74, 6) is 1.03. The minimum atomic E-state index is 1.03. The number of aryl methyl sites for hydroxylation is 3. The average Bonchev–Trinajstić information content (AvgIpc) is 2.47. The van der Waals surface area contributed by atoms with Gasteiger partial charge >= 0.3 is 0 Å². The van der Waals surface area contributed by atoms with Crippen molar-refractivity contribution in [2.24, 2.45) is 7.05 Å². The molecule has 0 radical (unpaired) electrons. The van der Waals surface area contributed by atoms with Crippen molar-refractivity contribution >= 4 is 0 Å². The van der Waals surface area contributed by atoms with Crippen molar-refractivity contribution in [2.45, 2.75) is 13.8 Å². The molecule has 0 amide bonds. The molecule has 1 aromatic carbocycles. The molecular weight excluding hydrogens is 172 g/mol. The predicted molar refractivity (Wildman–Crippen MR) is 58.1 cm³/mol. The number of aromatic nitrogens is 2. The fourth-order valence-electron chi connectivity index (χ4n) is 1.59. The number of nitrogens with zero attached hydrogens (tertiary/aromatic N) is 2. The van der Waals surface area contributed by atoms with Crippen LogP contribution in [0, 0.1) is 13.8 Å². The summed E-state index contributed by atoms with van der Waals surface area (Å²) in [5, 5.41) is 0. The lowest BCUT2D eigenvalue weighted by molar-refractivity contribution is 0.924. The van der Waals surface area contributed by atoms with E-state index in [-0.39, 0.29) is 0 Å². The van der Waals surface area contributed by atoms with Crippen LogP contribution < -0.4 is 0 Å². The van der Waals surface area contributed by atoms with Gasteiger partial charge in [0.25, 0.3) is 0 Å². The molecule has 0 unspecified atom stereocenters. The second-order valence-electron chi connectivity index (χ2n) is 3.68. The SMILES string of the molecule is Cc1ccc(-c2nc(C)cn2C)cc1. The average molecular weight is 186 g/mol. The maximum Gasteiger partial charge on any atom is 0.139 e. The van der Waals surface area contributed by atoms with Gasteiger partial charge in [-0.05, 0) is 13.8 Å². The van der Waals surface area contributed by atoms with E-state index in [9.17, 15) is 0 Å². The van der Waals surface area contributed by atoms with Crippen LogP contribution in [0.3, 0.4) is 0 Å². The number of benzene rings is 1. The molecule has 2 aromatic rings. The highest BCUT2D eigenvalue weighted by Gasteiger charge is 2.04. The van der Waals surface area contributed by atoms with Gasteiger partial charge in [0, 0.05) is 18.8 Å². The maximum atomic E-state index is 4.47. The summed E-state index contributed by atoms with van der Waals surface area (Å²) >= 11 is 0. The van der Waals surface area contributed by atoms with Crippen LogP contribution >= 0.6 is 0 Å². The van der Waals surface area contributed by atoms with Crippen molar-refractivity contribution < 1.29 is 0 Å². The lowest BCUT2D eigenvalue weighted by Crippen LogP contribution is -1.90. The van der Waals surface area contributed by atoms with Gasteiger partial charge in [0.1, 0.15) is 5.82 Å². The molecular formula is C12H14N2. The smallest absolute Gasteiger partial charge is 0.139 e. The van der Waals surface area contributed by atoms with Crippen molar-refractivity contribution in [3.05, 3.63) is 41.7 Å². The van der Waals surface area contributed by atoms with Gasteiger partial charge in [0.2, 0.25) is 0 Å². The highest BCUT2D eigenvalue weighted by atomic mass is 15.0. The van der Waals surface area contributed by atoms with Gasteiger partial charge in [-0.1, -0.05) is 29.8 Å². The minimum absolute atomic E-state index is 1.03. The van der Waals surface area contributed by atoms with E-state index >= 15 is 0 Å². The summed E-state index contributed by atoms with van der Waals surface area (Å²) in [5.41, 5.74) is 3.51. The van der Waals surface area contributed by atoms with E-state index in [1.165, 1.54) is 11.1 Å². The molecule has 0 N–H and O–H groups in total. The van der Waals surface area contributed by atoms with E-state index in [1.54, 1.807) is 0 Å². The standard InChI is InChI=1S/C12H14N2/c1-9-4-6-11(7-5-9)12-13-10(2)8-14(12)3/h4-8H,1-3H3. The summed E-state index contributed by atoms with van der Waals surface area (Å²) < 4.78 is 2.06. The zero-order chi connectivity index (χ0) is 10.1. The van der Waals surface area contributed by atoms with Crippen LogP contribution in [-0.4, -0.2) is 9.55 Å². The van der Waals surface area contributed by atoms with Crippen molar-refractivity contribution in [1.82, 2.24) is 9.55 Å². The molecule has 0 saturated carbocycles. The minimum Gasteiger partial charge on any atom is -0.334 e. The maximum absolute atomic E-state index is 4.47. The number of imidazole rings is 1. The van der Waals surface area contributed by atoms with Crippen LogP contribution in [0.5, 0.6) is 0 Å². The van der Waals surface area contributed by atoms with Gasteiger partial charge in [-0.25, -0.2) is 4.98 Å². The number of hydrogen-bond acceptors (Lipinski definition) is 1. The molecule has 0 aliphatic rings. The van der Waals surface area contributed by atoms with Crippen LogP contribution in [0.1, 0.15) is 11.3 Å². The topological polar surface area (TPSA) is 17.8 Å². The molecule has 0 bridgehead atoms. The number of rotatable bonds is 1. The highest BCUT2D eigenvalue weighted by molar-refractivity contribution is 5.56. The largest absolute Gasteiger partial charge is 0.334 e. The normalized spacial score (nSPS) is 10.5. The van der Waals surface area contributed by atoms with Crippen LogP contribution in [0.15, 0.2) is 30.5 Å². The molecule has 2 nitrogen and oxygen atoms in total. The van der Waals surface area contributed by atoms with Crippen molar-refractivity contribution in [1.29, 1.82) is 0 Å². The van der Waals surface area contributed by atoms with E-state index in [2.05, 4.69) is 40.7 Å². The summed E-state index contributed by atoms with van der Waals surface area (Å²) in [6, 6.07) is 8.44. The summed E-state index contributed by atoms with van der Waals surface area (Å²) in [7, 11) is 2.02. The molecule has 14 heavy (non-hydrogen) atoms. The van der Waals surface area contributed by atoms with Gasteiger partial charge < -0.3 is 4.57 Å². The molecule has 0 aliphatic heterocycles. The van der Waals surface area contributed by atoms with Gasteiger partial charge in [-0.2, -0.15) is 0 Å². The van der Waals surface area contributed by atoms with E-state index in [4.69, 9.17) is 0 Å². The lowest BCUT2D eigenvalue weighted by Gasteiger charge is -2.01. The first kappa shape index (κ1) is 9.00. The van der Waals surface area contributed by atoms with Gasteiger partial charge in [0.05, 0.1) is 5.69 Å². The summed E-state index contributed by atoms with van der Waals surface area (Å²) in [6.45, 7) is 4.10. The Kier molecular flexibility index (Phi) is 2.12. The van der Waals surface area contributed by atoms with Crippen LogP contribution in [0.4, 0.5) is 0 Å². The molecule has 0 spiro atoms. The Morgan fingerprint density at radius 3 is 2.21 bits per heavy atom. The molecule has 1 aromatic heterocycles. The number of hydrogen-bond donors (Lipinski definition) is 0. The molecule has 0 saturated heterocycles. The third-order valence-electron chi connectivity index (χ3n) is 2.31. The van der Waals surface area contributed by atoms with E-state index in [1.807, 2.05) is 20.2 Å². The first-order valence-corrected chi connectivity index (χ1v) is 4.74. The van der Waals surface area contributed by atoms with Crippen LogP contribution in [-0.2, 0) is 7.05 Å². The van der Waals surface area contributed by atoms with E-state index < -0.39 is 0 Å². The quantitative estimate of drug-likeness (QED) is 0.669. The highest BCUT2D eigenvalue weighted by Crippen LogP contribution is 2.18. The third kappa shape index (κ3) is 1.55. The van der Waals surface area contributed by atoms with Crippen molar-refractivity contribution in [3.8, 4) is 11.4 Å². The predicted octanol–water partition coefficient (Wildman–Crippen LogP) is 2.70. The van der Waals surface area contributed by atoms with Crippen molar-refractivity contribution in [2.75, 3.05) is 0 Å². The summed E-state index contributed by atoms with van der Waals surface area (Å²) in [6.07, 6.45) is 2.04. The Hall–Kier alpha value is -1.57. The Bertz CT molecular complexity index is 438. The Balaban J connectivity index is 2.49. The first-order valence-electron chi connectivity index (χ1n) is 4.74. The summed E-state index contributed by atoms with van der Waals surface area (Å²) in [4.78, 5) is 4.47. The lowest BCUT2D eigenvalue weighted by atomic mass is 10.1. The van der Waals surface area contributed by atoms with E-state index in [0.29, 0.717) is 0 Å². The molecule has 72 valence electrons. The Labute approximate surface area is 84.2 Å². The fourth-order valence-corrected chi connectivity index (χ4v) is 1.59. The third-order valence-corrected chi connectivity index (χ3v) is 2.31. The van der Waals surface area contributed by atoms with Crippen LogP contribution in [0.2, 0.25) is 0 Å². The van der Waals surface area contributed by atoms with Gasteiger partial charge in [-0.3, -0.25) is 0 Å². The molecule has 0 atom stereocenters. The molecule has 0 aliphatic carbocycles. The van der Waals surface area contributed by atoms with Crippen LogP contribution in [0.25, 0.3) is 11.4 Å².